The van der Waals surface area contributed by atoms with E-state index in [4.69, 9.17) is 0 Å². The summed E-state index contributed by atoms with van der Waals surface area (Å²) in [4.78, 5) is 16.8. The molecule has 4 nitrogen and oxygen atoms in total. The molecule has 0 saturated carbocycles. The largest absolute Gasteiger partial charge is 0.338 e. The first-order valence-corrected chi connectivity index (χ1v) is 6.76. The van der Waals surface area contributed by atoms with Crippen LogP contribution in [0.3, 0.4) is 0 Å². The minimum Gasteiger partial charge on any atom is -0.338 e. The normalized spacial score (nSPS) is 23.8. The van der Waals surface area contributed by atoms with Crippen molar-refractivity contribution >= 4 is 5.78 Å². The molecule has 1 aromatic rings. The van der Waals surface area contributed by atoms with E-state index in [1.165, 1.54) is 0 Å². The summed E-state index contributed by atoms with van der Waals surface area (Å²) < 4.78 is 1.99. The van der Waals surface area contributed by atoms with Crippen LogP contribution in [0.25, 0.3) is 0 Å². The van der Waals surface area contributed by atoms with Gasteiger partial charge in [0.15, 0.2) is 0 Å². The highest BCUT2D eigenvalue weighted by atomic mass is 16.1. The van der Waals surface area contributed by atoms with Gasteiger partial charge in [-0.05, 0) is 18.9 Å². The Kier molecular flexibility index (Phi) is 3.85. The highest BCUT2D eigenvalue weighted by molar-refractivity contribution is 5.85. The summed E-state index contributed by atoms with van der Waals surface area (Å²) in [6, 6.07) is 0. The van der Waals surface area contributed by atoms with E-state index >= 15 is 0 Å². The zero-order chi connectivity index (χ0) is 13.2. The number of rotatable bonds is 5. The Morgan fingerprint density at radius 1 is 1.61 bits per heavy atom. The minimum absolute atomic E-state index is 0.148. The Morgan fingerprint density at radius 2 is 2.39 bits per heavy atom. The molecule has 0 radical (unpaired) electrons. The van der Waals surface area contributed by atoms with Gasteiger partial charge < -0.3 is 9.88 Å². The molecule has 1 aliphatic rings. The van der Waals surface area contributed by atoms with Crippen LogP contribution >= 0.6 is 0 Å². The number of aryl methyl sites for hydroxylation is 2. The van der Waals surface area contributed by atoms with E-state index in [0.29, 0.717) is 18.1 Å². The molecule has 4 heteroatoms. The maximum Gasteiger partial charge on any atom is 0.141 e. The van der Waals surface area contributed by atoms with E-state index < -0.39 is 0 Å². The van der Waals surface area contributed by atoms with Crippen LogP contribution in [0.2, 0.25) is 0 Å². The molecule has 2 rings (SSSR count). The first-order chi connectivity index (χ1) is 8.56. The Morgan fingerprint density at radius 3 is 2.89 bits per heavy atom. The molecule has 18 heavy (non-hydrogen) atoms. The molecule has 1 saturated heterocycles. The van der Waals surface area contributed by atoms with E-state index in [9.17, 15) is 4.79 Å². The molecule has 1 aromatic heterocycles. The van der Waals surface area contributed by atoms with Crippen LogP contribution < -0.4 is 5.32 Å². The molecule has 0 aromatic carbocycles. The molecule has 0 bridgehead atoms. The molecular weight excluding hydrogens is 226 g/mol. The molecule has 0 spiro atoms. The molecular formula is C14H23N3O. The summed E-state index contributed by atoms with van der Waals surface area (Å²) in [5, 5.41) is 3.34. The highest BCUT2D eigenvalue weighted by Crippen LogP contribution is 2.36. The van der Waals surface area contributed by atoms with Crippen LogP contribution in [0, 0.1) is 11.3 Å². The second kappa shape index (κ2) is 5.22. The first-order valence-electron chi connectivity index (χ1n) is 6.76. The third-order valence-electron chi connectivity index (χ3n) is 4.35. The number of nitrogens with zero attached hydrogens (tertiary/aromatic N) is 2. The van der Waals surface area contributed by atoms with Crippen LogP contribution in [0.15, 0.2) is 12.4 Å². The van der Waals surface area contributed by atoms with E-state index in [0.717, 1.165) is 31.8 Å². The summed E-state index contributed by atoms with van der Waals surface area (Å²) in [7, 11) is 1.97. The lowest BCUT2D eigenvalue weighted by atomic mass is 9.72. The zero-order valence-electron chi connectivity index (χ0n) is 11.6. The zero-order valence-corrected chi connectivity index (χ0v) is 11.6. The van der Waals surface area contributed by atoms with Gasteiger partial charge in [-0.1, -0.05) is 13.8 Å². The summed E-state index contributed by atoms with van der Waals surface area (Å²) in [5.74, 6) is 1.79. The predicted molar refractivity (Wildman–Crippen MR) is 71.3 cm³/mol. The quantitative estimate of drug-likeness (QED) is 0.861. The number of aromatic nitrogens is 2. The Hall–Kier alpha value is -1.16. The van der Waals surface area contributed by atoms with Crippen molar-refractivity contribution in [2.24, 2.45) is 18.4 Å². The summed E-state index contributed by atoms with van der Waals surface area (Å²) in [6.45, 7) is 6.12. The van der Waals surface area contributed by atoms with Gasteiger partial charge in [0.1, 0.15) is 11.6 Å². The van der Waals surface area contributed by atoms with Crippen molar-refractivity contribution in [3.8, 4) is 0 Å². The van der Waals surface area contributed by atoms with E-state index in [-0.39, 0.29) is 5.41 Å². The number of Topliss-reactive ketones (excluding diaryl/α,β-unsaturated/α-hetero) is 1. The molecule has 0 aliphatic carbocycles. The standard InChI is InChI=1S/C14H23N3O/c1-11(2)14(6-7-15-10-14)12(18)4-5-13-16-8-9-17(13)3/h8-9,11,15H,4-7,10H2,1-3H3. The molecule has 2 heterocycles. The van der Waals surface area contributed by atoms with Crippen LogP contribution in [0.1, 0.15) is 32.5 Å². The average Bonchev–Trinajstić information content (AvgIpc) is 2.95. The predicted octanol–water partition coefficient (Wildman–Crippen LogP) is 1.56. The number of hydrogen-bond donors (Lipinski definition) is 1. The van der Waals surface area contributed by atoms with E-state index in [1.54, 1.807) is 6.20 Å². The van der Waals surface area contributed by atoms with Crippen molar-refractivity contribution in [2.75, 3.05) is 13.1 Å². The summed E-state index contributed by atoms with van der Waals surface area (Å²) in [5.41, 5.74) is -0.148. The topological polar surface area (TPSA) is 46.9 Å². The lowest BCUT2D eigenvalue weighted by molar-refractivity contribution is -0.130. The van der Waals surface area contributed by atoms with Crippen molar-refractivity contribution in [1.82, 2.24) is 14.9 Å². The SMILES string of the molecule is CC(C)C1(C(=O)CCc2nccn2C)CCNC1. The lowest BCUT2D eigenvalue weighted by Gasteiger charge is -2.31. The van der Waals surface area contributed by atoms with E-state index in [1.807, 2.05) is 17.8 Å². The first kappa shape index (κ1) is 13.3. The van der Waals surface area contributed by atoms with Crippen LogP contribution in [0.5, 0.6) is 0 Å². The fourth-order valence-electron chi connectivity index (χ4n) is 2.88. The fourth-order valence-corrected chi connectivity index (χ4v) is 2.88. The lowest BCUT2D eigenvalue weighted by Crippen LogP contribution is -2.38. The molecule has 1 N–H and O–H groups in total. The fraction of sp³-hybridized carbons (Fsp3) is 0.714. The van der Waals surface area contributed by atoms with Crippen molar-refractivity contribution < 1.29 is 4.79 Å². The van der Waals surface area contributed by atoms with Gasteiger partial charge >= 0.3 is 0 Å². The number of hydrogen-bond acceptors (Lipinski definition) is 3. The second-order valence-corrected chi connectivity index (χ2v) is 5.62. The van der Waals surface area contributed by atoms with Crippen LogP contribution in [0.4, 0.5) is 0 Å². The van der Waals surface area contributed by atoms with Crippen molar-refractivity contribution in [1.29, 1.82) is 0 Å². The molecule has 1 unspecified atom stereocenters. The molecule has 1 atom stereocenters. The van der Waals surface area contributed by atoms with Crippen LogP contribution in [-0.4, -0.2) is 28.4 Å². The van der Waals surface area contributed by atoms with Crippen LogP contribution in [-0.2, 0) is 18.3 Å². The number of imidazole rings is 1. The average molecular weight is 249 g/mol. The van der Waals surface area contributed by atoms with Gasteiger partial charge in [0, 0.05) is 44.2 Å². The third kappa shape index (κ3) is 2.34. The number of carbonyl (C=O) groups excluding carboxylic acids is 1. The van der Waals surface area contributed by atoms with Gasteiger partial charge in [0.05, 0.1) is 0 Å². The van der Waals surface area contributed by atoms with Gasteiger partial charge in [-0.2, -0.15) is 0 Å². The molecule has 1 aliphatic heterocycles. The Bertz CT molecular complexity index is 416. The molecule has 100 valence electrons. The van der Waals surface area contributed by atoms with Crippen molar-refractivity contribution in [3.05, 3.63) is 18.2 Å². The summed E-state index contributed by atoms with van der Waals surface area (Å²) >= 11 is 0. The van der Waals surface area contributed by atoms with Gasteiger partial charge in [-0.3, -0.25) is 4.79 Å². The van der Waals surface area contributed by atoms with Gasteiger partial charge in [-0.25, -0.2) is 4.98 Å². The monoisotopic (exact) mass is 249 g/mol. The maximum atomic E-state index is 12.5. The maximum absolute atomic E-state index is 12.5. The second-order valence-electron chi connectivity index (χ2n) is 5.62. The Balaban J connectivity index is 2.00. The number of ketones is 1. The molecule has 0 amide bonds. The van der Waals surface area contributed by atoms with Gasteiger partial charge in [-0.15, -0.1) is 0 Å². The van der Waals surface area contributed by atoms with Crippen molar-refractivity contribution in [3.63, 3.8) is 0 Å². The van der Waals surface area contributed by atoms with Gasteiger partial charge in [0.25, 0.3) is 0 Å². The Labute approximate surface area is 109 Å². The number of nitrogens with one attached hydrogen (secondary N) is 1. The number of carbonyl (C=O) groups is 1. The smallest absolute Gasteiger partial charge is 0.141 e. The van der Waals surface area contributed by atoms with Crippen molar-refractivity contribution in [2.45, 2.75) is 33.1 Å². The van der Waals surface area contributed by atoms with Gasteiger partial charge in [0.2, 0.25) is 0 Å². The molecule has 1 fully saturated rings. The highest BCUT2D eigenvalue weighted by Gasteiger charge is 2.42. The van der Waals surface area contributed by atoms with E-state index in [2.05, 4.69) is 24.1 Å². The summed E-state index contributed by atoms with van der Waals surface area (Å²) in [6.07, 6.45) is 6.04. The third-order valence-corrected chi connectivity index (χ3v) is 4.35. The minimum atomic E-state index is -0.148.